The molecule has 5 nitrogen and oxygen atoms in total. The number of likely N-dealkylation sites (tertiary alicyclic amines) is 1. The van der Waals surface area contributed by atoms with Gasteiger partial charge in [-0.1, -0.05) is 19.3 Å². The Morgan fingerprint density at radius 1 is 1.09 bits per heavy atom. The van der Waals surface area contributed by atoms with Gasteiger partial charge in [-0.25, -0.2) is 0 Å². The van der Waals surface area contributed by atoms with Gasteiger partial charge in [-0.15, -0.1) is 0 Å². The zero-order valence-corrected chi connectivity index (χ0v) is 13.6. The Bertz CT molecular complexity index is 378. The van der Waals surface area contributed by atoms with Crippen molar-refractivity contribution in [2.45, 2.75) is 50.5 Å². The molecule has 0 bridgehead atoms. The van der Waals surface area contributed by atoms with Gasteiger partial charge in [-0.2, -0.15) is 0 Å². The molecule has 1 amide bonds. The molecule has 2 aliphatic heterocycles. The molecule has 1 saturated carbocycles. The molecule has 0 unspecified atom stereocenters. The first kappa shape index (κ1) is 16.2. The third-order valence-corrected chi connectivity index (χ3v) is 5.50. The quantitative estimate of drug-likeness (QED) is 0.849. The topological polar surface area (TPSA) is 53.0 Å². The van der Waals surface area contributed by atoms with Crippen LogP contribution in [0.25, 0.3) is 0 Å². The van der Waals surface area contributed by atoms with Crippen molar-refractivity contribution < 1.29 is 14.6 Å². The van der Waals surface area contributed by atoms with E-state index < -0.39 is 5.60 Å². The number of morpholine rings is 1. The van der Waals surface area contributed by atoms with E-state index in [4.69, 9.17) is 4.74 Å². The number of aliphatic hydroxyl groups is 1. The van der Waals surface area contributed by atoms with E-state index in [9.17, 15) is 9.90 Å². The van der Waals surface area contributed by atoms with Crippen LogP contribution in [0.5, 0.6) is 0 Å². The molecule has 0 aromatic heterocycles. The van der Waals surface area contributed by atoms with Crippen molar-refractivity contribution in [1.29, 1.82) is 0 Å². The number of hydrogen-bond acceptors (Lipinski definition) is 4. The fraction of sp³-hybridized carbons (Fsp3) is 0.941. The summed E-state index contributed by atoms with van der Waals surface area (Å²) >= 11 is 0. The van der Waals surface area contributed by atoms with Crippen LogP contribution in [0, 0.1) is 5.92 Å². The van der Waals surface area contributed by atoms with Crippen LogP contribution in [0.15, 0.2) is 0 Å². The fourth-order valence-electron chi connectivity index (χ4n) is 4.20. The summed E-state index contributed by atoms with van der Waals surface area (Å²) in [5.74, 6) is 0.610. The standard InChI is InChI=1S/C17H30N2O3/c20-16-17(21,14-18-9-11-22-12-10-18)7-4-8-19(16)13-15-5-2-1-3-6-15/h15,21H,1-14H2/t17-/m1/s1. The summed E-state index contributed by atoms with van der Waals surface area (Å²) in [6.45, 7) is 5.18. The lowest BCUT2D eigenvalue weighted by Crippen LogP contribution is -2.60. The molecule has 1 N–H and O–H groups in total. The first-order valence-electron chi connectivity index (χ1n) is 8.99. The number of rotatable bonds is 4. The zero-order valence-electron chi connectivity index (χ0n) is 13.6. The summed E-state index contributed by atoms with van der Waals surface area (Å²) in [5, 5.41) is 10.9. The van der Waals surface area contributed by atoms with Gasteiger partial charge in [0.2, 0.25) is 0 Å². The summed E-state index contributed by atoms with van der Waals surface area (Å²) in [5.41, 5.74) is -1.18. The second kappa shape index (κ2) is 7.28. The summed E-state index contributed by atoms with van der Waals surface area (Å²) in [6.07, 6.45) is 7.93. The van der Waals surface area contributed by atoms with E-state index in [-0.39, 0.29) is 5.91 Å². The molecule has 0 spiro atoms. The number of carbonyl (C=O) groups excluding carboxylic acids is 1. The van der Waals surface area contributed by atoms with E-state index in [0.717, 1.165) is 32.6 Å². The molecule has 3 rings (SSSR count). The van der Waals surface area contributed by atoms with Crippen molar-refractivity contribution >= 4 is 5.91 Å². The predicted molar refractivity (Wildman–Crippen MR) is 84.6 cm³/mol. The average Bonchev–Trinajstić information content (AvgIpc) is 2.54. The number of nitrogens with zero attached hydrogens (tertiary/aromatic N) is 2. The third-order valence-electron chi connectivity index (χ3n) is 5.50. The molecule has 2 heterocycles. The Kier molecular flexibility index (Phi) is 5.37. The van der Waals surface area contributed by atoms with Crippen molar-refractivity contribution in [3.05, 3.63) is 0 Å². The molecule has 0 aromatic rings. The summed E-state index contributed by atoms with van der Waals surface area (Å²) in [7, 11) is 0. The molecule has 1 aliphatic carbocycles. The smallest absolute Gasteiger partial charge is 0.255 e. The average molecular weight is 310 g/mol. The summed E-state index contributed by atoms with van der Waals surface area (Å²) in [6, 6.07) is 0. The lowest BCUT2D eigenvalue weighted by Gasteiger charge is -2.42. The van der Waals surface area contributed by atoms with Gasteiger partial charge in [-0.05, 0) is 31.6 Å². The Hall–Kier alpha value is -0.650. The van der Waals surface area contributed by atoms with Gasteiger partial charge < -0.3 is 14.7 Å². The maximum atomic E-state index is 12.8. The number of ether oxygens (including phenoxy) is 1. The van der Waals surface area contributed by atoms with Gasteiger partial charge in [0, 0.05) is 32.7 Å². The summed E-state index contributed by atoms with van der Waals surface area (Å²) < 4.78 is 5.35. The van der Waals surface area contributed by atoms with Gasteiger partial charge in [0.05, 0.1) is 13.2 Å². The maximum Gasteiger partial charge on any atom is 0.255 e. The number of carbonyl (C=O) groups is 1. The van der Waals surface area contributed by atoms with Crippen molar-refractivity contribution in [3.63, 3.8) is 0 Å². The molecular weight excluding hydrogens is 280 g/mol. The van der Waals surface area contributed by atoms with Gasteiger partial charge in [0.1, 0.15) is 0 Å². The molecule has 3 fully saturated rings. The Labute approximate surface area is 133 Å². The second-order valence-corrected chi connectivity index (χ2v) is 7.28. The number of amides is 1. The van der Waals surface area contributed by atoms with E-state index in [1.54, 1.807) is 0 Å². The van der Waals surface area contributed by atoms with Crippen LogP contribution in [0.4, 0.5) is 0 Å². The predicted octanol–water partition coefficient (Wildman–Crippen LogP) is 1.25. The van der Waals surface area contributed by atoms with E-state index in [1.165, 1.54) is 32.1 Å². The first-order chi connectivity index (χ1) is 10.7. The van der Waals surface area contributed by atoms with E-state index in [0.29, 0.717) is 32.1 Å². The van der Waals surface area contributed by atoms with Gasteiger partial charge in [0.15, 0.2) is 5.60 Å². The molecule has 5 heteroatoms. The van der Waals surface area contributed by atoms with E-state index in [1.807, 2.05) is 4.90 Å². The normalized spacial score (nSPS) is 32.4. The lowest BCUT2D eigenvalue weighted by atomic mass is 9.86. The van der Waals surface area contributed by atoms with Crippen LogP contribution in [-0.2, 0) is 9.53 Å². The third kappa shape index (κ3) is 3.81. The highest BCUT2D eigenvalue weighted by Crippen LogP contribution is 2.29. The van der Waals surface area contributed by atoms with Crippen LogP contribution in [0.1, 0.15) is 44.9 Å². The Morgan fingerprint density at radius 3 is 2.55 bits per heavy atom. The fourth-order valence-corrected chi connectivity index (χ4v) is 4.20. The van der Waals surface area contributed by atoms with E-state index in [2.05, 4.69) is 4.90 Å². The minimum absolute atomic E-state index is 0.0317. The Balaban J connectivity index is 1.58. The van der Waals surface area contributed by atoms with Gasteiger partial charge in [0.25, 0.3) is 5.91 Å². The van der Waals surface area contributed by atoms with Crippen LogP contribution in [0.3, 0.4) is 0 Å². The summed E-state index contributed by atoms with van der Waals surface area (Å²) in [4.78, 5) is 16.9. The SMILES string of the molecule is O=C1N(CC2CCCCC2)CCC[C@@]1(O)CN1CCOCC1. The van der Waals surface area contributed by atoms with Gasteiger partial charge in [-0.3, -0.25) is 9.69 Å². The minimum Gasteiger partial charge on any atom is -0.379 e. The first-order valence-corrected chi connectivity index (χ1v) is 8.99. The van der Waals surface area contributed by atoms with Crippen molar-refractivity contribution in [3.8, 4) is 0 Å². The molecule has 0 aromatic carbocycles. The Morgan fingerprint density at radius 2 is 1.82 bits per heavy atom. The van der Waals surface area contributed by atoms with Crippen LogP contribution in [-0.4, -0.2) is 72.4 Å². The van der Waals surface area contributed by atoms with Crippen molar-refractivity contribution in [2.24, 2.45) is 5.92 Å². The molecule has 3 aliphatic rings. The number of hydrogen-bond donors (Lipinski definition) is 1. The molecule has 0 radical (unpaired) electrons. The minimum atomic E-state index is -1.18. The van der Waals surface area contributed by atoms with Gasteiger partial charge >= 0.3 is 0 Å². The molecule has 126 valence electrons. The zero-order chi connectivity index (χ0) is 15.4. The van der Waals surface area contributed by atoms with Crippen molar-refractivity contribution in [2.75, 3.05) is 45.9 Å². The van der Waals surface area contributed by atoms with Crippen LogP contribution in [0.2, 0.25) is 0 Å². The van der Waals surface area contributed by atoms with E-state index >= 15 is 0 Å². The highest BCUT2D eigenvalue weighted by Gasteiger charge is 2.43. The van der Waals surface area contributed by atoms with Crippen molar-refractivity contribution in [1.82, 2.24) is 9.80 Å². The molecule has 2 saturated heterocycles. The molecular formula is C17H30N2O3. The highest BCUT2D eigenvalue weighted by atomic mass is 16.5. The molecule has 1 atom stereocenters. The lowest BCUT2D eigenvalue weighted by molar-refractivity contribution is -0.161. The van der Waals surface area contributed by atoms with Crippen LogP contribution >= 0.6 is 0 Å². The largest absolute Gasteiger partial charge is 0.379 e. The highest BCUT2D eigenvalue weighted by molar-refractivity contribution is 5.86. The monoisotopic (exact) mass is 310 g/mol. The number of piperidine rings is 1. The molecule has 22 heavy (non-hydrogen) atoms. The second-order valence-electron chi connectivity index (χ2n) is 7.28. The number of β-amino-alcohol motifs (C(OH)–C–C–N with tert-alkyl or cyclic N) is 1. The van der Waals surface area contributed by atoms with Crippen LogP contribution < -0.4 is 0 Å². The maximum absolute atomic E-state index is 12.8.